The standard InChI is InChI=1S/C17H28N2O2/c1-5-21-16-9-7-6-8-14(16)12-19(4)17(20)15(11-18)10-13(2)3/h6-9,13,15H,5,10-12,18H2,1-4H3. The fourth-order valence-corrected chi connectivity index (χ4v) is 2.44. The van der Waals surface area contributed by atoms with Crippen LogP contribution in [-0.2, 0) is 11.3 Å². The van der Waals surface area contributed by atoms with E-state index in [0.29, 0.717) is 25.6 Å². The van der Waals surface area contributed by atoms with Gasteiger partial charge in [-0.3, -0.25) is 4.79 Å². The van der Waals surface area contributed by atoms with Gasteiger partial charge in [0.05, 0.1) is 12.5 Å². The van der Waals surface area contributed by atoms with Gasteiger partial charge in [0, 0.05) is 25.7 Å². The summed E-state index contributed by atoms with van der Waals surface area (Å²) in [5.74, 6) is 1.31. The highest BCUT2D eigenvalue weighted by Crippen LogP contribution is 2.21. The zero-order valence-corrected chi connectivity index (χ0v) is 13.6. The Hall–Kier alpha value is -1.55. The van der Waals surface area contributed by atoms with Crippen LogP contribution in [-0.4, -0.2) is 31.0 Å². The summed E-state index contributed by atoms with van der Waals surface area (Å²) in [5.41, 5.74) is 6.78. The number of ether oxygens (including phenoxy) is 1. The average Bonchev–Trinajstić information content (AvgIpc) is 2.46. The van der Waals surface area contributed by atoms with Crippen molar-refractivity contribution in [1.82, 2.24) is 4.90 Å². The van der Waals surface area contributed by atoms with Gasteiger partial charge in [-0.25, -0.2) is 0 Å². The van der Waals surface area contributed by atoms with Crippen molar-refractivity contribution in [2.45, 2.75) is 33.7 Å². The van der Waals surface area contributed by atoms with Gasteiger partial charge < -0.3 is 15.4 Å². The molecular weight excluding hydrogens is 264 g/mol. The smallest absolute Gasteiger partial charge is 0.227 e. The van der Waals surface area contributed by atoms with E-state index < -0.39 is 0 Å². The van der Waals surface area contributed by atoms with Crippen LogP contribution in [0.15, 0.2) is 24.3 Å². The zero-order chi connectivity index (χ0) is 15.8. The third kappa shape index (κ3) is 5.38. The van der Waals surface area contributed by atoms with Crippen molar-refractivity contribution < 1.29 is 9.53 Å². The van der Waals surface area contributed by atoms with Crippen LogP contribution in [0.2, 0.25) is 0 Å². The number of carbonyl (C=O) groups is 1. The van der Waals surface area contributed by atoms with Crippen LogP contribution in [0.4, 0.5) is 0 Å². The summed E-state index contributed by atoms with van der Waals surface area (Å²) in [4.78, 5) is 14.2. The molecule has 1 amide bonds. The summed E-state index contributed by atoms with van der Waals surface area (Å²) in [6, 6.07) is 7.84. The molecule has 0 saturated carbocycles. The first kappa shape index (κ1) is 17.5. The number of benzene rings is 1. The summed E-state index contributed by atoms with van der Waals surface area (Å²) in [6.45, 7) is 7.74. The fraction of sp³-hybridized carbons (Fsp3) is 0.588. The van der Waals surface area contributed by atoms with Gasteiger partial charge in [0.15, 0.2) is 0 Å². The molecule has 0 bridgehead atoms. The molecule has 0 heterocycles. The molecule has 118 valence electrons. The van der Waals surface area contributed by atoms with E-state index in [1.54, 1.807) is 4.90 Å². The number of amides is 1. The summed E-state index contributed by atoms with van der Waals surface area (Å²) in [5, 5.41) is 0. The number of rotatable bonds is 8. The van der Waals surface area contributed by atoms with E-state index in [-0.39, 0.29) is 11.8 Å². The molecule has 21 heavy (non-hydrogen) atoms. The van der Waals surface area contributed by atoms with Crippen LogP contribution in [0.25, 0.3) is 0 Å². The van der Waals surface area contributed by atoms with Crippen molar-refractivity contribution in [3.05, 3.63) is 29.8 Å². The molecular formula is C17H28N2O2. The number of nitrogens with two attached hydrogens (primary N) is 1. The minimum atomic E-state index is -0.103. The van der Waals surface area contributed by atoms with E-state index in [1.165, 1.54) is 0 Å². The predicted octanol–water partition coefficient (Wildman–Crippen LogP) is 2.66. The van der Waals surface area contributed by atoms with Gasteiger partial charge in [0.25, 0.3) is 0 Å². The molecule has 0 spiro atoms. The van der Waals surface area contributed by atoms with Crippen LogP contribution >= 0.6 is 0 Å². The van der Waals surface area contributed by atoms with E-state index in [9.17, 15) is 4.79 Å². The summed E-state index contributed by atoms with van der Waals surface area (Å²) >= 11 is 0. The second-order valence-electron chi connectivity index (χ2n) is 5.80. The van der Waals surface area contributed by atoms with Crippen LogP contribution in [0.1, 0.15) is 32.8 Å². The van der Waals surface area contributed by atoms with Gasteiger partial charge in [-0.2, -0.15) is 0 Å². The molecule has 1 unspecified atom stereocenters. The Labute approximate surface area is 128 Å². The van der Waals surface area contributed by atoms with E-state index >= 15 is 0 Å². The van der Waals surface area contributed by atoms with E-state index in [2.05, 4.69) is 13.8 Å². The lowest BCUT2D eigenvalue weighted by Crippen LogP contribution is -2.37. The molecule has 0 aliphatic heterocycles. The van der Waals surface area contributed by atoms with Gasteiger partial charge in [-0.1, -0.05) is 32.0 Å². The van der Waals surface area contributed by atoms with Crippen LogP contribution in [0.3, 0.4) is 0 Å². The Kier molecular flexibility index (Phi) is 7.23. The monoisotopic (exact) mass is 292 g/mol. The molecule has 0 aliphatic carbocycles. The van der Waals surface area contributed by atoms with Crippen LogP contribution < -0.4 is 10.5 Å². The van der Waals surface area contributed by atoms with Crippen LogP contribution in [0.5, 0.6) is 5.75 Å². The van der Waals surface area contributed by atoms with Gasteiger partial charge in [-0.15, -0.1) is 0 Å². The fourth-order valence-electron chi connectivity index (χ4n) is 2.44. The van der Waals surface area contributed by atoms with Crippen molar-refractivity contribution in [3.8, 4) is 5.75 Å². The number of hydrogen-bond donors (Lipinski definition) is 1. The molecule has 0 aliphatic rings. The highest BCUT2D eigenvalue weighted by Gasteiger charge is 2.22. The van der Waals surface area contributed by atoms with Crippen LogP contribution in [0, 0.1) is 11.8 Å². The Morgan fingerprint density at radius 3 is 2.57 bits per heavy atom. The molecule has 1 atom stereocenters. The van der Waals surface area contributed by atoms with Crippen molar-refractivity contribution in [3.63, 3.8) is 0 Å². The Morgan fingerprint density at radius 1 is 1.33 bits per heavy atom. The minimum absolute atomic E-state index is 0.103. The molecule has 0 saturated heterocycles. The van der Waals surface area contributed by atoms with Gasteiger partial charge in [0.1, 0.15) is 5.75 Å². The summed E-state index contributed by atoms with van der Waals surface area (Å²) in [6.07, 6.45) is 0.826. The van der Waals surface area contributed by atoms with Crippen molar-refractivity contribution in [2.75, 3.05) is 20.2 Å². The second kappa shape index (κ2) is 8.67. The van der Waals surface area contributed by atoms with Gasteiger partial charge in [0.2, 0.25) is 5.91 Å². The third-order valence-electron chi connectivity index (χ3n) is 3.45. The molecule has 1 aromatic carbocycles. The van der Waals surface area contributed by atoms with E-state index in [1.807, 2.05) is 38.2 Å². The molecule has 0 radical (unpaired) electrons. The molecule has 1 aromatic rings. The average molecular weight is 292 g/mol. The number of nitrogens with zero attached hydrogens (tertiary/aromatic N) is 1. The second-order valence-corrected chi connectivity index (χ2v) is 5.80. The summed E-state index contributed by atoms with van der Waals surface area (Å²) < 4.78 is 5.61. The maximum Gasteiger partial charge on any atom is 0.227 e. The largest absolute Gasteiger partial charge is 0.494 e. The SMILES string of the molecule is CCOc1ccccc1CN(C)C(=O)C(CN)CC(C)C. The highest BCUT2D eigenvalue weighted by molar-refractivity contribution is 5.78. The first-order valence-corrected chi connectivity index (χ1v) is 7.65. The van der Waals surface area contributed by atoms with E-state index in [0.717, 1.165) is 17.7 Å². The number of carbonyl (C=O) groups excluding carboxylic acids is 1. The molecule has 2 N–H and O–H groups in total. The number of hydrogen-bond acceptors (Lipinski definition) is 3. The quantitative estimate of drug-likeness (QED) is 0.801. The Morgan fingerprint density at radius 2 is 2.00 bits per heavy atom. The van der Waals surface area contributed by atoms with E-state index in [4.69, 9.17) is 10.5 Å². The maximum absolute atomic E-state index is 12.5. The summed E-state index contributed by atoms with van der Waals surface area (Å²) in [7, 11) is 1.83. The molecule has 0 fully saturated rings. The Bertz CT molecular complexity index is 446. The minimum Gasteiger partial charge on any atom is -0.494 e. The highest BCUT2D eigenvalue weighted by atomic mass is 16.5. The van der Waals surface area contributed by atoms with Gasteiger partial charge >= 0.3 is 0 Å². The maximum atomic E-state index is 12.5. The molecule has 1 rings (SSSR count). The molecule has 4 nitrogen and oxygen atoms in total. The van der Waals surface area contributed by atoms with Crippen molar-refractivity contribution in [2.24, 2.45) is 17.6 Å². The van der Waals surface area contributed by atoms with Gasteiger partial charge in [-0.05, 0) is 25.3 Å². The lowest BCUT2D eigenvalue weighted by Gasteiger charge is -2.25. The van der Waals surface area contributed by atoms with Crippen molar-refractivity contribution in [1.29, 1.82) is 0 Å². The Balaban J connectivity index is 2.75. The topological polar surface area (TPSA) is 55.6 Å². The van der Waals surface area contributed by atoms with Crippen molar-refractivity contribution >= 4 is 5.91 Å². The predicted molar refractivity (Wildman–Crippen MR) is 86.1 cm³/mol. The first-order chi connectivity index (χ1) is 9.99. The first-order valence-electron chi connectivity index (χ1n) is 7.65. The molecule has 0 aromatic heterocycles. The zero-order valence-electron chi connectivity index (χ0n) is 13.6. The third-order valence-corrected chi connectivity index (χ3v) is 3.45. The normalized spacial score (nSPS) is 12.3. The number of para-hydroxylation sites is 1. The lowest BCUT2D eigenvalue weighted by molar-refractivity contribution is -0.134. The molecule has 4 heteroatoms. The lowest BCUT2D eigenvalue weighted by atomic mass is 9.96.